The van der Waals surface area contributed by atoms with Crippen LogP contribution < -0.4 is 4.90 Å². The van der Waals surface area contributed by atoms with Crippen LogP contribution >= 0.6 is 11.6 Å². The topological polar surface area (TPSA) is 49.9 Å². The molecule has 0 atom stereocenters. The predicted octanol–water partition coefficient (Wildman–Crippen LogP) is 4.83. The zero-order valence-corrected chi connectivity index (χ0v) is 16.9. The third kappa shape index (κ3) is 5.24. The summed E-state index contributed by atoms with van der Waals surface area (Å²) in [6.07, 6.45) is 1.71. The van der Waals surface area contributed by atoms with E-state index in [-0.39, 0.29) is 12.5 Å². The fraction of sp³-hybridized carbons (Fsp3) is 0.500. The highest BCUT2D eigenvalue weighted by molar-refractivity contribution is 6.30. The van der Waals surface area contributed by atoms with Crippen molar-refractivity contribution in [3.05, 3.63) is 40.6 Å². The number of carbonyl (C=O) groups excluding carboxylic acids is 2. The maximum Gasteiger partial charge on any atom is 0.415 e. The van der Waals surface area contributed by atoms with Crippen LogP contribution in [0.5, 0.6) is 0 Å². The Morgan fingerprint density at radius 1 is 1.23 bits per heavy atom. The number of likely N-dealkylation sites (N-methyl/N-ethyl adjacent to an activating group) is 1. The number of hydrogen-bond acceptors (Lipinski definition) is 3. The molecule has 2 amide bonds. The first-order valence-electron chi connectivity index (χ1n) is 8.80. The van der Waals surface area contributed by atoms with Gasteiger partial charge in [-0.25, -0.2) is 4.79 Å². The van der Waals surface area contributed by atoms with Crippen molar-refractivity contribution in [2.24, 2.45) is 0 Å². The molecule has 0 bridgehead atoms. The molecule has 1 aliphatic rings. The van der Waals surface area contributed by atoms with E-state index in [2.05, 4.69) is 0 Å². The minimum atomic E-state index is -0.646. The van der Waals surface area contributed by atoms with E-state index in [0.29, 0.717) is 17.2 Å². The number of ether oxygens (including phenoxy) is 1. The number of halogens is 1. The number of rotatable bonds is 4. The number of hydrogen-bond donors (Lipinski definition) is 0. The number of nitrogens with zero attached hydrogens (tertiary/aromatic N) is 2. The molecule has 142 valence electrons. The van der Waals surface area contributed by atoms with Gasteiger partial charge in [-0.15, -0.1) is 0 Å². The van der Waals surface area contributed by atoms with Gasteiger partial charge in [-0.3, -0.25) is 9.69 Å². The molecule has 1 aromatic carbocycles. The number of allylic oxidation sites excluding steroid dienone is 2. The number of carbonyl (C=O) groups is 2. The second-order valence-corrected chi connectivity index (χ2v) is 8.02. The molecule has 0 aliphatic heterocycles. The molecule has 2 rings (SSSR count). The lowest BCUT2D eigenvalue weighted by Gasteiger charge is -2.29. The van der Waals surface area contributed by atoms with Gasteiger partial charge in [0.05, 0.1) is 0 Å². The molecule has 0 unspecified atom stereocenters. The van der Waals surface area contributed by atoms with Crippen molar-refractivity contribution in [3.63, 3.8) is 0 Å². The lowest BCUT2D eigenvalue weighted by atomic mass is 10.2. The highest BCUT2D eigenvalue weighted by atomic mass is 35.5. The smallest absolute Gasteiger partial charge is 0.415 e. The molecule has 0 saturated heterocycles. The van der Waals surface area contributed by atoms with Crippen LogP contribution in [0, 0.1) is 6.92 Å². The third-order valence-electron chi connectivity index (χ3n) is 4.12. The monoisotopic (exact) mass is 378 g/mol. The lowest BCUT2D eigenvalue weighted by Crippen LogP contribution is -2.43. The van der Waals surface area contributed by atoms with Gasteiger partial charge in [0.2, 0.25) is 5.91 Å². The summed E-state index contributed by atoms with van der Waals surface area (Å²) in [6.45, 7) is 7.26. The molecule has 0 spiro atoms. The first-order valence-corrected chi connectivity index (χ1v) is 9.17. The zero-order chi connectivity index (χ0) is 19.5. The van der Waals surface area contributed by atoms with E-state index in [1.165, 1.54) is 4.90 Å². The summed E-state index contributed by atoms with van der Waals surface area (Å²) < 4.78 is 5.49. The van der Waals surface area contributed by atoms with Gasteiger partial charge in [0.25, 0.3) is 0 Å². The lowest BCUT2D eigenvalue weighted by molar-refractivity contribution is -0.119. The van der Waals surface area contributed by atoms with Crippen LogP contribution in [0.2, 0.25) is 0 Å². The van der Waals surface area contributed by atoms with Crippen LogP contribution in [0.25, 0.3) is 0 Å². The number of amides is 2. The van der Waals surface area contributed by atoms with E-state index in [1.807, 2.05) is 31.2 Å². The summed E-state index contributed by atoms with van der Waals surface area (Å²) in [7, 11) is 1.70. The molecular weight excluding hydrogens is 352 g/mol. The van der Waals surface area contributed by atoms with Crippen molar-refractivity contribution >= 4 is 29.3 Å². The van der Waals surface area contributed by atoms with Gasteiger partial charge in [0, 0.05) is 23.5 Å². The first-order chi connectivity index (χ1) is 12.1. The predicted molar refractivity (Wildman–Crippen MR) is 104 cm³/mol. The molecule has 5 nitrogen and oxygen atoms in total. The molecule has 0 N–H and O–H groups in total. The van der Waals surface area contributed by atoms with Gasteiger partial charge in [-0.05, 0) is 64.7 Å². The Hall–Kier alpha value is -2.01. The van der Waals surface area contributed by atoms with Crippen LogP contribution in [0.1, 0.15) is 45.6 Å². The average molecular weight is 379 g/mol. The highest BCUT2D eigenvalue weighted by Crippen LogP contribution is 2.32. The Bertz CT molecular complexity index is 722. The quantitative estimate of drug-likeness (QED) is 0.754. The van der Waals surface area contributed by atoms with E-state index in [1.54, 1.807) is 32.7 Å². The summed E-state index contributed by atoms with van der Waals surface area (Å²) in [6, 6.07) is 7.66. The summed E-state index contributed by atoms with van der Waals surface area (Å²) >= 11 is 6.29. The van der Waals surface area contributed by atoms with Crippen LogP contribution in [-0.2, 0) is 9.53 Å². The van der Waals surface area contributed by atoms with Crippen LogP contribution in [-0.4, -0.2) is 36.1 Å². The Labute approximate surface area is 160 Å². The maximum absolute atomic E-state index is 12.8. The van der Waals surface area contributed by atoms with Crippen LogP contribution in [0.15, 0.2) is 35.0 Å². The molecule has 26 heavy (non-hydrogen) atoms. The number of anilines is 1. The van der Waals surface area contributed by atoms with Crippen molar-refractivity contribution in [1.82, 2.24) is 4.90 Å². The van der Waals surface area contributed by atoms with E-state index in [4.69, 9.17) is 16.3 Å². The highest BCUT2D eigenvalue weighted by Gasteiger charge is 2.31. The van der Waals surface area contributed by atoms with E-state index in [9.17, 15) is 9.59 Å². The molecule has 0 saturated carbocycles. The fourth-order valence-corrected chi connectivity index (χ4v) is 3.11. The number of benzene rings is 1. The van der Waals surface area contributed by atoms with Crippen molar-refractivity contribution in [2.45, 2.75) is 52.6 Å². The Morgan fingerprint density at radius 2 is 1.92 bits per heavy atom. The third-order valence-corrected chi connectivity index (χ3v) is 4.53. The number of aryl methyl sites for hydroxylation is 1. The van der Waals surface area contributed by atoms with Crippen molar-refractivity contribution in [2.75, 3.05) is 18.5 Å². The summed E-state index contributed by atoms with van der Waals surface area (Å²) in [4.78, 5) is 28.4. The van der Waals surface area contributed by atoms with E-state index in [0.717, 1.165) is 24.1 Å². The summed E-state index contributed by atoms with van der Waals surface area (Å²) in [5, 5.41) is 0.627. The van der Waals surface area contributed by atoms with Crippen molar-refractivity contribution in [3.8, 4) is 0 Å². The van der Waals surface area contributed by atoms with Gasteiger partial charge < -0.3 is 9.64 Å². The Kier molecular flexibility index (Phi) is 6.34. The molecule has 1 aromatic rings. The molecule has 0 aromatic heterocycles. The molecule has 0 fully saturated rings. The largest absolute Gasteiger partial charge is 0.443 e. The SMILES string of the molecule is Cc1cccc(N(C)C(=O)CN(C(=O)OC(C)(C)C)C2=C(Cl)CCC2)c1. The van der Waals surface area contributed by atoms with E-state index >= 15 is 0 Å². The van der Waals surface area contributed by atoms with Crippen LogP contribution in [0.4, 0.5) is 10.5 Å². The summed E-state index contributed by atoms with van der Waals surface area (Å²) in [5.74, 6) is -0.203. The molecule has 0 heterocycles. The van der Waals surface area contributed by atoms with Gasteiger partial charge in [0.1, 0.15) is 12.1 Å². The molecular formula is C20H27ClN2O3. The van der Waals surface area contributed by atoms with Gasteiger partial charge in [-0.2, -0.15) is 0 Å². The minimum absolute atomic E-state index is 0.106. The van der Waals surface area contributed by atoms with Gasteiger partial charge >= 0.3 is 6.09 Å². The molecule has 1 aliphatic carbocycles. The van der Waals surface area contributed by atoms with E-state index < -0.39 is 11.7 Å². The standard InChI is InChI=1S/C20H27ClN2O3/c1-14-8-6-9-15(12-14)22(5)18(24)13-23(17-11-7-10-16(17)21)19(25)26-20(2,3)4/h6,8-9,12H,7,10-11,13H2,1-5H3. The Balaban J connectivity index is 2.21. The zero-order valence-electron chi connectivity index (χ0n) is 16.1. The normalized spacial score (nSPS) is 14.4. The second kappa shape index (κ2) is 8.12. The van der Waals surface area contributed by atoms with Crippen LogP contribution in [0.3, 0.4) is 0 Å². The first kappa shape index (κ1) is 20.3. The van der Waals surface area contributed by atoms with Gasteiger partial charge in [0.15, 0.2) is 0 Å². The second-order valence-electron chi connectivity index (χ2n) is 7.56. The summed E-state index contributed by atoms with van der Waals surface area (Å²) in [5.41, 5.74) is 1.89. The van der Waals surface area contributed by atoms with Crippen molar-refractivity contribution in [1.29, 1.82) is 0 Å². The maximum atomic E-state index is 12.8. The minimum Gasteiger partial charge on any atom is -0.443 e. The molecule has 6 heteroatoms. The Morgan fingerprint density at radius 3 is 2.46 bits per heavy atom. The van der Waals surface area contributed by atoms with Crippen molar-refractivity contribution < 1.29 is 14.3 Å². The van der Waals surface area contributed by atoms with Gasteiger partial charge in [-0.1, -0.05) is 23.7 Å². The fourth-order valence-electron chi connectivity index (χ4n) is 2.78. The average Bonchev–Trinajstić information content (AvgIpc) is 2.95. The molecule has 0 radical (unpaired) electrons.